The maximum absolute atomic E-state index is 12.2. The van der Waals surface area contributed by atoms with Gasteiger partial charge in [-0.15, -0.1) is 0 Å². The molecule has 2 aliphatic rings. The average Bonchev–Trinajstić information content (AvgIpc) is 3.36. The van der Waals surface area contributed by atoms with Crippen LogP contribution in [0.3, 0.4) is 0 Å². The van der Waals surface area contributed by atoms with Crippen molar-refractivity contribution in [1.29, 1.82) is 0 Å². The highest BCUT2D eigenvalue weighted by molar-refractivity contribution is 5.81. The Labute approximate surface area is 127 Å². The lowest BCUT2D eigenvalue weighted by atomic mass is 10.1. The highest BCUT2D eigenvalue weighted by atomic mass is 19.3. The molecule has 120 valence electrons. The van der Waals surface area contributed by atoms with Crippen molar-refractivity contribution in [2.75, 3.05) is 6.54 Å². The lowest BCUT2D eigenvalue weighted by molar-refractivity contribution is -0.123. The smallest absolute Gasteiger partial charge is 0.387 e. The van der Waals surface area contributed by atoms with Crippen LogP contribution in [0, 0.1) is 17.8 Å². The number of aliphatic hydroxyl groups excluding tert-OH is 1. The zero-order valence-corrected chi connectivity index (χ0v) is 12.0. The largest absolute Gasteiger partial charge is 0.435 e. The van der Waals surface area contributed by atoms with Gasteiger partial charge < -0.3 is 15.2 Å². The topological polar surface area (TPSA) is 58.6 Å². The van der Waals surface area contributed by atoms with Crippen molar-refractivity contribution in [3.8, 4) is 5.75 Å². The van der Waals surface area contributed by atoms with Gasteiger partial charge >= 0.3 is 6.61 Å². The van der Waals surface area contributed by atoms with E-state index in [1.165, 1.54) is 31.0 Å². The highest BCUT2D eigenvalue weighted by Crippen LogP contribution is 2.54. The summed E-state index contributed by atoms with van der Waals surface area (Å²) in [6.07, 6.45) is 2.47. The molecule has 4 nitrogen and oxygen atoms in total. The van der Waals surface area contributed by atoms with Gasteiger partial charge in [-0.3, -0.25) is 4.79 Å². The number of nitrogens with one attached hydrogen (secondary N) is 1. The van der Waals surface area contributed by atoms with Crippen LogP contribution in [0.1, 0.15) is 30.9 Å². The van der Waals surface area contributed by atoms with Crippen LogP contribution in [0.15, 0.2) is 24.3 Å². The molecule has 2 fully saturated rings. The Morgan fingerprint density at radius 1 is 1.41 bits per heavy atom. The van der Waals surface area contributed by atoms with E-state index in [9.17, 15) is 18.7 Å². The number of ether oxygens (including phenoxy) is 1. The monoisotopic (exact) mass is 311 g/mol. The van der Waals surface area contributed by atoms with Gasteiger partial charge in [-0.25, -0.2) is 0 Å². The molecule has 2 aliphatic carbocycles. The van der Waals surface area contributed by atoms with E-state index in [-0.39, 0.29) is 24.1 Å². The molecule has 22 heavy (non-hydrogen) atoms. The number of aliphatic hydroxyl groups is 1. The molecule has 0 saturated heterocycles. The minimum atomic E-state index is -2.90. The molecule has 0 aliphatic heterocycles. The minimum absolute atomic E-state index is 0.00568. The van der Waals surface area contributed by atoms with Crippen molar-refractivity contribution < 1.29 is 23.4 Å². The lowest BCUT2D eigenvalue weighted by Gasteiger charge is -2.13. The van der Waals surface area contributed by atoms with Crippen LogP contribution in [0.2, 0.25) is 0 Å². The molecular formula is C16H19F2NO3. The predicted molar refractivity (Wildman–Crippen MR) is 75.4 cm³/mol. The zero-order valence-electron chi connectivity index (χ0n) is 12.0. The summed E-state index contributed by atoms with van der Waals surface area (Å²) < 4.78 is 28.6. The third kappa shape index (κ3) is 3.74. The standard InChI is InChI=1S/C16H19F2NO3/c17-16(18)22-11-3-1-2-10(6-11)14(20)8-19-15(21)13-7-12(13)9-4-5-9/h1-3,6,9,12-14,16,20H,4-5,7-8H2,(H,19,21). The molecule has 1 aromatic carbocycles. The number of rotatable bonds is 7. The van der Waals surface area contributed by atoms with Gasteiger partial charge in [0.2, 0.25) is 5.91 Å². The maximum atomic E-state index is 12.2. The van der Waals surface area contributed by atoms with E-state index in [0.717, 1.165) is 12.3 Å². The Bertz CT molecular complexity index is 548. The fourth-order valence-electron chi connectivity index (χ4n) is 2.91. The van der Waals surface area contributed by atoms with Gasteiger partial charge in [0.1, 0.15) is 5.75 Å². The third-order valence-corrected chi connectivity index (χ3v) is 4.34. The number of carbonyl (C=O) groups excluding carboxylic acids is 1. The normalized spacial score (nSPS) is 24.9. The summed E-state index contributed by atoms with van der Waals surface area (Å²) in [5, 5.41) is 12.8. The molecule has 3 unspecified atom stereocenters. The summed E-state index contributed by atoms with van der Waals surface area (Å²) >= 11 is 0. The summed E-state index contributed by atoms with van der Waals surface area (Å²) in [7, 11) is 0. The van der Waals surface area contributed by atoms with Crippen LogP contribution in [0.25, 0.3) is 0 Å². The number of hydrogen-bond donors (Lipinski definition) is 2. The molecule has 0 bridgehead atoms. The van der Waals surface area contributed by atoms with Gasteiger partial charge in [0.05, 0.1) is 6.10 Å². The van der Waals surface area contributed by atoms with Crippen LogP contribution < -0.4 is 10.1 Å². The predicted octanol–water partition coefficient (Wildman–Crippen LogP) is 2.48. The van der Waals surface area contributed by atoms with Crippen LogP contribution in [0.5, 0.6) is 5.75 Å². The van der Waals surface area contributed by atoms with Crippen LogP contribution >= 0.6 is 0 Å². The van der Waals surface area contributed by atoms with Crippen molar-refractivity contribution >= 4 is 5.91 Å². The minimum Gasteiger partial charge on any atom is -0.435 e. The zero-order chi connectivity index (χ0) is 15.7. The molecule has 1 aromatic rings. The van der Waals surface area contributed by atoms with Gasteiger partial charge in [0, 0.05) is 12.5 Å². The average molecular weight is 311 g/mol. The number of alkyl halides is 2. The van der Waals surface area contributed by atoms with Crippen LogP contribution in [-0.4, -0.2) is 24.2 Å². The lowest BCUT2D eigenvalue weighted by Crippen LogP contribution is -2.30. The van der Waals surface area contributed by atoms with E-state index < -0.39 is 12.7 Å². The van der Waals surface area contributed by atoms with Gasteiger partial charge in [0.25, 0.3) is 0 Å². The summed E-state index contributed by atoms with van der Waals surface area (Å²) in [5.74, 6) is 1.32. The Morgan fingerprint density at radius 2 is 2.18 bits per heavy atom. The fraction of sp³-hybridized carbons (Fsp3) is 0.562. The molecule has 0 heterocycles. The van der Waals surface area contributed by atoms with Crippen molar-refractivity contribution in [3.05, 3.63) is 29.8 Å². The van der Waals surface area contributed by atoms with E-state index in [4.69, 9.17) is 0 Å². The first-order valence-electron chi connectivity index (χ1n) is 7.55. The second kappa shape index (κ2) is 6.20. The summed E-state index contributed by atoms with van der Waals surface area (Å²) in [4.78, 5) is 12.0. The molecule has 6 heteroatoms. The van der Waals surface area contributed by atoms with Crippen molar-refractivity contribution in [3.63, 3.8) is 0 Å². The molecule has 0 spiro atoms. The molecular weight excluding hydrogens is 292 g/mol. The molecule has 0 aromatic heterocycles. The van der Waals surface area contributed by atoms with Gasteiger partial charge in [-0.1, -0.05) is 12.1 Å². The first kappa shape index (κ1) is 15.2. The molecule has 2 saturated carbocycles. The van der Waals surface area contributed by atoms with Crippen LogP contribution in [-0.2, 0) is 4.79 Å². The van der Waals surface area contributed by atoms with Gasteiger partial charge in [-0.05, 0) is 48.8 Å². The molecule has 1 amide bonds. The van der Waals surface area contributed by atoms with E-state index >= 15 is 0 Å². The Balaban J connectivity index is 1.49. The first-order valence-corrected chi connectivity index (χ1v) is 7.55. The van der Waals surface area contributed by atoms with Crippen LogP contribution in [0.4, 0.5) is 8.78 Å². The van der Waals surface area contributed by atoms with Crippen molar-refractivity contribution in [1.82, 2.24) is 5.32 Å². The highest BCUT2D eigenvalue weighted by Gasteiger charge is 2.50. The summed E-state index contributed by atoms with van der Waals surface area (Å²) in [6, 6.07) is 5.89. The van der Waals surface area contributed by atoms with Crippen molar-refractivity contribution in [2.45, 2.75) is 32.0 Å². The van der Waals surface area contributed by atoms with E-state index in [1.807, 2.05) is 0 Å². The maximum Gasteiger partial charge on any atom is 0.387 e. The molecule has 2 N–H and O–H groups in total. The Morgan fingerprint density at radius 3 is 2.86 bits per heavy atom. The van der Waals surface area contributed by atoms with Crippen molar-refractivity contribution in [2.24, 2.45) is 17.8 Å². The SMILES string of the molecule is O=C(NCC(O)c1cccc(OC(F)F)c1)C1CC1C1CC1. The quantitative estimate of drug-likeness (QED) is 0.813. The van der Waals surface area contributed by atoms with Gasteiger partial charge in [0.15, 0.2) is 0 Å². The number of hydrogen-bond acceptors (Lipinski definition) is 3. The van der Waals surface area contributed by atoms with E-state index in [1.54, 1.807) is 6.07 Å². The molecule has 0 radical (unpaired) electrons. The second-order valence-electron chi connectivity index (χ2n) is 6.06. The molecule has 3 atom stereocenters. The summed E-state index contributed by atoms with van der Waals surface area (Å²) in [5.41, 5.74) is 0.438. The van der Waals surface area contributed by atoms with E-state index in [2.05, 4.69) is 10.1 Å². The number of carbonyl (C=O) groups is 1. The number of halogens is 2. The number of benzene rings is 1. The summed E-state index contributed by atoms with van der Waals surface area (Å²) in [6.45, 7) is -2.83. The Kier molecular flexibility index (Phi) is 4.29. The fourth-order valence-corrected chi connectivity index (χ4v) is 2.91. The van der Waals surface area contributed by atoms with Gasteiger partial charge in [-0.2, -0.15) is 8.78 Å². The molecule has 3 rings (SSSR count). The third-order valence-electron chi connectivity index (χ3n) is 4.34. The Hall–Kier alpha value is -1.69. The van der Waals surface area contributed by atoms with E-state index in [0.29, 0.717) is 11.5 Å². The second-order valence-corrected chi connectivity index (χ2v) is 6.06. The number of amides is 1. The first-order chi connectivity index (χ1) is 10.5.